The van der Waals surface area contributed by atoms with Gasteiger partial charge in [-0.05, 0) is 31.2 Å². The SMILES string of the molecule is CC(=O)Oc1ccccc1C(=O)OC(C)Cl.CC(=O)Oc1ccccc1C(=O)OC(C)OC(C)=O. The Balaban J connectivity index is 0.000000355. The van der Waals surface area contributed by atoms with E-state index in [9.17, 15) is 24.0 Å². The number of benzene rings is 2. The predicted octanol–water partition coefficient (Wildman–Crippen LogP) is 4.03. The zero-order valence-corrected chi connectivity index (χ0v) is 20.5. The molecule has 0 heterocycles. The van der Waals surface area contributed by atoms with Crippen LogP contribution >= 0.6 is 11.6 Å². The Hall–Kier alpha value is -3.92. The van der Waals surface area contributed by atoms with Crippen LogP contribution < -0.4 is 9.47 Å². The summed E-state index contributed by atoms with van der Waals surface area (Å²) in [6, 6.07) is 12.4. The number of halogens is 1. The number of carbonyl (C=O) groups excluding carboxylic acids is 5. The Bertz CT molecular complexity index is 1060. The van der Waals surface area contributed by atoms with E-state index in [0.29, 0.717) is 0 Å². The van der Waals surface area contributed by atoms with Crippen LogP contribution in [0.5, 0.6) is 11.5 Å². The molecule has 2 aromatic rings. The Kier molecular flexibility index (Phi) is 11.9. The average Bonchev–Trinajstić information content (AvgIpc) is 2.73. The maximum atomic E-state index is 11.8. The highest BCUT2D eigenvalue weighted by Gasteiger charge is 2.19. The molecule has 0 spiro atoms. The van der Waals surface area contributed by atoms with Crippen LogP contribution in [0.3, 0.4) is 0 Å². The zero-order valence-electron chi connectivity index (χ0n) is 19.7. The molecule has 0 bridgehead atoms. The molecule has 0 saturated carbocycles. The van der Waals surface area contributed by atoms with Gasteiger partial charge in [0.25, 0.3) is 0 Å². The highest BCUT2D eigenvalue weighted by molar-refractivity contribution is 6.20. The number of alkyl halides is 1. The summed E-state index contributed by atoms with van der Waals surface area (Å²) in [4.78, 5) is 55.8. The molecule has 0 fully saturated rings. The van der Waals surface area contributed by atoms with Crippen LogP contribution in [0.25, 0.3) is 0 Å². The van der Waals surface area contributed by atoms with Crippen LogP contribution in [-0.2, 0) is 28.6 Å². The number of esters is 5. The monoisotopic (exact) mass is 508 g/mol. The van der Waals surface area contributed by atoms with Gasteiger partial charge in [-0.2, -0.15) is 0 Å². The van der Waals surface area contributed by atoms with Crippen molar-refractivity contribution in [2.24, 2.45) is 0 Å². The molecular weight excluding hydrogens is 484 g/mol. The number of rotatable bonds is 7. The summed E-state index contributed by atoms with van der Waals surface area (Å²) in [5.41, 5.74) is -0.486. The van der Waals surface area contributed by atoms with Gasteiger partial charge in [0.1, 0.15) is 22.6 Å². The highest BCUT2D eigenvalue weighted by Crippen LogP contribution is 2.21. The fourth-order valence-electron chi connectivity index (χ4n) is 2.44. The molecule has 0 aliphatic heterocycles. The van der Waals surface area contributed by atoms with Crippen molar-refractivity contribution in [1.82, 2.24) is 0 Å². The Morgan fingerprint density at radius 2 is 1.03 bits per heavy atom. The maximum Gasteiger partial charge on any atom is 0.345 e. The summed E-state index contributed by atoms with van der Waals surface area (Å²) in [7, 11) is 0. The van der Waals surface area contributed by atoms with Crippen LogP contribution in [0.1, 0.15) is 55.3 Å². The molecule has 11 heteroatoms. The minimum atomic E-state index is -1.02. The predicted molar refractivity (Wildman–Crippen MR) is 123 cm³/mol. The van der Waals surface area contributed by atoms with Gasteiger partial charge in [0.15, 0.2) is 5.56 Å². The Morgan fingerprint density at radius 3 is 1.40 bits per heavy atom. The maximum absolute atomic E-state index is 11.8. The van der Waals surface area contributed by atoms with Crippen LogP contribution in [-0.4, -0.2) is 41.7 Å². The summed E-state index contributed by atoms with van der Waals surface area (Å²) in [6.45, 7) is 6.62. The molecule has 0 saturated heterocycles. The molecule has 2 unspecified atom stereocenters. The van der Waals surface area contributed by atoms with Crippen molar-refractivity contribution in [3.05, 3.63) is 59.7 Å². The third-order valence-corrected chi connectivity index (χ3v) is 3.68. The number of carbonyl (C=O) groups is 5. The van der Waals surface area contributed by atoms with Crippen molar-refractivity contribution in [3.8, 4) is 11.5 Å². The lowest BCUT2D eigenvalue weighted by Crippen LogP contribution is -2.21. The zero-order chi connectivity index (χ0) is 26.5. The van der Waals surface area contributed by atoms with E-state index in [1.807, 2.05) is 0 Å². The highest BCUT2D eigenvalue weighted by atomic mass is 35.5. The van der Waals surface area contributed by atoms with Gasteiger partial charge in [0.05, 0.1) is 0 Å². The summed E-state index contributed by atoms with van der Waals surface area (Å²) >= 11 is 5.53. The van der Waals surface area contributed by atoms with Crippen molar-refractivity contribution in [2.75, 3.05) is 0 Å². The molecule has 0 amide bonds. The lowest BCUT2D eigenvalue weighted by atomic mass is 10.2. The standard InChI is InChI=1S/C13H14O6.C11H11ClO4/c1-8(14)17-10(3)19-13(16)11-6-4-5-7-12(11)18-9(2)15;1-7(12)15-11(14)9-5-3-4-6-10(9)16-8(2)13/h4-7,10H,1-3H3;3-7H,1-2H3. The van der Waals surface area contributed by atoms with Crippen LogP contribution in [0.4, 0.5) is 0 Å². The van der Waals surface area contributed by atoms with Gasteiger partial charge >= 0.3 is 29.8 Å². The van der Waals surface area contributed by atoms with Crippen molar-refractivity contribution in [1.29, 1.82) is 0 Å². The van der Waals surface area contributed by atoms with Crippen LogP contribution in [0, 0.1) is 0 Å². The Labute approximate surface area is 207 Å². The number of para-hydroxylation sites is 2. The van der Waals surface area contributed by atoms with E-state index in [2.05, 4.69) is 4.74 Å². The van der Waals surface area contributed by atoms with E-state index in [1.165, 1.54) is 58.9 Å². The minimum absolute atomic E-state index is 0.0803. The molecule has 0 aliphatic rings. The second-order valence-electron chi connectivity index (χ2n) is 6.71. The molecule has 2 aromatic carbocycles. The molecule has 0 radical (unpaired) electrons. The second kappa shape index (κ2) is 14.4. The summed E-state index contributed by atoms with van der Waals surface area (Å²) < 4.78 is 24.1. The number of hydrogen-bond donors (Lipinski definition) is 0. The first kappa shape index (κ1) is 29.1. The summed E-state index contributed by atoms with van der Waals surface area (Å²) in [6.07, 6.45) is -1.02. The topological polar surface area (TPSA) is 132 Å². The van der Waals surface area contributed by atoms with E-state index in [-0.39, 0.29) is 22.6 Å². The Morgan fingerprint density at radius 1 is 0.629 bits per heavy atom. The third kappa shape index (κ3) is 11.2. The smallest absolute Gasteiger partial charge is 0.345 e. The van der Waals surface area contributed by atoms with Crippen molar-refractivity contribution >= 4 is 41.4 Å². The molecule has 2 rings (SSSR count). The van der Waals surface area contributed by atoms with E-state index < -0.39 is 41.7 Å². The fraction of sp³-hybridized carbons (Fsp3) is 0.292. The fourth-order valence-corrected chi connectivity index (χ4v) is 2.52. The van der Waals surface area contributed by atoms with Crippen molar-refractivity contribution in [3.63, 3.8) is 0 Å². The molecule has 35 heavy (non-hydrogen) atoms. The molecule has 0 aliphatic carbocycles. The second-order valence-corrected chi connectivity index (χ2v) is 7.32. The molecule has 2 atom stereocenters. The number of ether oxygens (including phenoxy) is 5. The van der Waals surface area contributed by atoms with E-state index in [1.54, 1.807) is 24.3 Å². The molecule has 0 aromatic heterocycles. The lowest BCUT2D eigenvalue weighted by Gasteiger charge is -2.14. The quantitative estimate of drug-likeness (QED) is 0.233. The van der Waals surface area contributed by atoms with Crippen LogP contribution in [0.2, 0.25) is 0 Å². The van der Waals surface area contributed by atoms with Gasteiger partial charge in [-0.3, -0.25) is 14.4 Å². The van der Waals surface area contributed by atoms with Gasteiger partial charge in [0, 0.05) is 27.7 Å². The van der Waals surface area contributed by atoms with Gasteiger partial charge in [0.2, 0.25) is 6.29 Å². The molecule has 188 valence electrons. The van der Waals surface area contributed by atoms with Crippen LogP contribution in [0.15, 0.2) is 48.5 Å². The first-order valence-corrected chi connectivity index (χ1v) is 10.6. The lowest BCUT2D eigenvalue weighted by molar-refractivity contribution is -0.162. The largest absolute Gasteiger partial charge is 0.443 e. The van der Waals surface area contributed by atoms with E-state index >= 15 is 0 Å². The van der Waals surface area contributed by atoms with Gasteiger partial charge in [-0.15, -0.1) is 0 Å². The van der Waals surface area contributed by atoms with Gasteiger partial charge in [-0.25, -0.2) is 9.59 Å². The van der Waals surface area contributed by atoms with E-state index in [4.69, 9.17) is 30.5 Å². The van der Waals surface area contributed by atoms with E-state index in [0.717, 1.165) is 0 Å². The first-order chi connectivity index (χ1) is 16.4. The number of hydrogen-bond acceptors (Lipinski definition) is 10. The molecular formula is C24H25ClO10. The van der Waals surface area contributed by atoms with Gasteiger partial charge < -0.3 is 23.7 Å². The third-order valence-electron chi connectivity index (χ3n) is 3.60. The summed E-state index contributed by atoms with van der Waals surface area (Å²) in [5.74, 6) is -2.72. The van der Waals surface area contributed by atoms with Crippen molar-refractivity contribution in [2.45, 2.75) is 46.5 Å². The first-order valence-electron chi connectivity index (χ1n) is 10.2. The normalized spacial score (nSPS) is 11.5. The average molecular weight is 509 g/mol. The minimum Gasteiger partial charge on any atom is -0.443 e. The molecule has 10 nitrogen and oxygen atoms in total. The van der Waals surface area contributed by atoms with Crippen molar-refractivity contribution < 1.29 is 47.7 Å². The molecule has 0 N–H and O–H groups in total. The summed E-state index contributed by atoms with van der Waals surface area (Å²) in [5, 5.41) is 0. The van der Waals surface area contributed by atoms with Gasteiger partial charge in [-0.1, -0.05) is 35.9 Å².